The van der Waals surface area contributed by atoms with E-state index in [2.05, 4.69) is 5.10 Å². The molecule has 0 unspecified atom stereocenters. The monoisotopic (exact) mass is 348 g/mol. The van der Waals surface area contributed by atoms with Crippen LogP contribution in [0.15, 0.2) is 0 Å². The highest BCUT2D eigenvalue weighted by molar-refractivity contribution is 5.96. The minimum absolute atomic E-state index is 0.0127. The van der Waals surface area contributed by atoms with Gasteiger partial charge in [-0.05, 0) is 20.8 Å². The van der Waals surface area contributed by atoms with E-state index < -0.39 is 5.60 Å². The van der Waals surface area contributed by atoms with Gasteiger partial charge in [-0.3, -0.25) is 14.3 Å². The highest BCUT2D eigenvalue weighted by Gasteiger charge is 2.49. The van der Waals surface area contributed by atoms with Crippen molar-refractivity contribution >= 4 is 17.8 Å². The van der Waals surface area contributed by atoms with Gasteiger partial charge in [-0.25, -0.2) is 4.79 Å². The second kappa shape index (κ2) is 6.16. The lowest BCUT2D eigenvalue weighted by atomic mass is 10.0. The predicted molar refractivity (Wildman–Crippen MR) is 89.4 cm³/mol. The lowest BCUT2D eigenvalue weighted by Crippen LogP contribution is -2.39. The Labute approximate surface area is 146 Å². The van der Waals surface area contributed by atoms with Crippen LogP contribution in [0, 0.1) is 13.8 Å². The molecule has 8 heteroatoms. The molecule has 0 aliphatic carbocycles. The minimum atomic E-state index is -0.554. The highest BCUT2D eigenvalue weighted by atomic mass is 16.6. The SMILES string of the molecule is CC(=O)c1c(C)nn(CCC(=O)N2CC[C@]3(CN(C)C(=O)O3)C2)c1C. The summed E-state index contributed by atoms with van der Waals surface area (Å²) in [5.41, 5.74) is 1.57. The summed E-state index contributed by atoms with van der Waals surface area (Å²) < 4.78 is 7.19. The summed E-state index contributed by atoms with van der Waals surface area (Å²) in [6.45, 7) is 7.16. The normalized spacial score (nSPS) is 22.8. The number of hydrogen-bond donors (Lipinski definition) is 0. The Balaban J connectivity index is 1.60. The molecule has 2 fully saturated rings. The topological polar surface area (TPSA) is 84.7 Å². The summed E-state index contributed by atoms with van der Waals surface area (Å²) in [5, 5.41) is 4.37. The van der Waals surface area contributed by atoms with Gasteiger partial charge in [0.2, 0.25) is 5.91 Å². The van der Waals surface area contributed by atoms with E-state index in [0.29, 0.717) is 50.3 Å². The van der Waals surface area contributed by atoms with Crippen LogP contribution >= 0.6 is 0 Å². The van der Waals surface area contributed by atoms with Crippen LogP contribution in [0.5, 0.6) is 0 Å². The van der Waals surface area contributed by atoms with E-state index in [4.69, 9.17) is 4.74 Å². The molecule has 0 bridgehead atoms. The Kier molecular flexibility index (Phi) is 4.30. The third-order valence-electron chi connectivity index (χ3n) is 5.08. The Bertz CT molecular complexity index is 741. The molecule has 136 valence electrons. The van der Waals surface area contributed by atoms with Crippen molar-refractivity contribution in [1.29, 1.82) is 0 Å². The van der Waals surface area contributed by atoms with Crippen LogP contribution in [0.25, 0.3) is 0 Å². The van der Waals surface area contributed by atoms with E-state index in [1.165, 1.54) is 6.92 Å². The zero-order valence-corrected chi connectivity index (χ0v) is 15.2. The lowest BCUT2D eigenvalue weighted by molar-refractivity contribution is -0.131. The molecule has 8 nitrogen and oxygen atoms in total. The molecule has 2 aliphatic heterocycles. The number of ketones is 1. The van der Waals surface area contributed by atoms with Crippen molar-refractivity contribution in [2.75, 3.05) is 26.7 Å². The van der Waals surface area contributed by atoms with Crippen LogP contribution in [0.4, 0.5) is 4.79 Å². The van der Waals surface area contributed by atoms with E-state index in [1.807, 2.05) is 6.92 Å². The second-order valence-electron chi connectivity index (χ2n) is 7.05. The van der Waals surface area contributed by atoms with Crippen LogP contribution in [-0.2, 0) is 16.1 Å². The zero-order chi connectivity index (χ0) is 18.4. The number of Topliss-reactive ketones (excluding diaryl/α,β-unsaturated/α-hetero) is 1. The number of aryl methyl sites for hydroxylation is 2. The van der Waals surface area contributed by atoms with Crippen molar-refractivity contribution in [3.05, 3.63) is 17.0 Å². The van der Waals surface area contributed by atoms with Crippen molar-refractivity contribution in [3.63, 3.8) is 0 Å². The number of likely N-dealkylation sites (tertiary alicyclic amines) is 1. The highest BCUT2D eigenvalue weighted by Crippen LogP contribution is 2.32. The molecule has 1 spiro atoms. The third-order valence-corrected chi connectivity index (χ3v) is 5.08. The first-order chi connectivity index (χ1) is 11.7. The second-order valence-corrected chi connectivity index (χ2v) is 7.05. The molecule has 2 aliphatic rings. The van der Waals surface area contributed by atoms with Crippen molar-refractivity contribution in [2.45, 2.75) is 45.8 Å². The van der Waals surface area contributed by atoms with E-state index in [-0.39, 0.29) is 17.8 Å². The van der Waals surface area contributed by atoms with Gasteiger partial charge < -0.3 is 14.5 Å². The molecule has 2 saturated heterocycles. The van der Waals surface area contributed by atoms with E-state index in [9.17, 15) is 14.4 Å². The summed E-state index contributed by atoms with van der Waals surface area (Å²) in [5.74, 6) is 0.000588. The lowest BCUT2D eigenvalue weighted by Gasteiger charge is -2.21. The van der Waals surface area contributed by atoms with E-state index in [0.717, 1.165) is 5.69 Å². The van der Waals surface area contributed by atoms with Crippen LogP contribution < -0.4 is 0 Å². The van der Waals surface area contributed by atoms with Crippen molar-refractivity contribution < 1.29 is 19.1 Å². The molecular weight excluding hydrogens is 324 g/mol. The first-order valence-electron chi connectivity index (χ1n) is 8.49. The maximum absolute atomic E-state index is 12.5. The average Bonchev–Trinajstić information content (AvgIpc) is 3.14. The fourth-order valence-electron chi connectivity index (χ4n) is 3.85. The number of rotatable bonds is 4. The molecule has 0 radical (unpaired) electrons. The summed E-state index contributed by atoms with van der Waals surface area (Å²) in [6.07, 6.45) is 0.649. The molecule has 0 N–H and O–H groups in total. The van der Waals surface area contributed by atoms with Gasteiger partial charge in [0.1, 0.15) is 0 Å². The number of carbonyl (C=O) groups is 3. The van der Waals surface area contributed by atoms with Gasteiger partial charge in [0.05, 0.1) is 24.3 Å². The molecule has 0 aromatic carbocycles. The van der Waals surface area contributed by atoms with Gasteiger partial charge in [-0.15, -0.1) is 0 Å². The van der Waals surface area contributed by atoms with E-state index in [1.54, 1.807) is 28.5 Å². The average molecular weight is 348 g/mol. The van der Waals surface area contributed by atoms with Gasteiger partial charge in [-0.1, -0.05) is 0 Å². The number of ether oxygens (including phenoxy) is 1. The van der Waals surface area contributed by atoms with Crippen LogP contribution in [0.2, 0.25) is 0 Å². The molecule has 25 heavy (non-hydrogen) atoms. The first-order valence-corrected chi connectivity index (χ1v) is 8.49. The molecule has 0 saturated carbocycles. The van der Waals surface area contributed by atoms with Crippen molar-refractivity contribution in [1.82, 2.24) is 19.6 Å². The Hall–Kier alpha value is -2.38. The van der Waals surface area contributed by atoms with Crippen molar-refractivity contribution in [2.24, 2.45) is 0 Å². The van der Waals surface area contributed by atoms with Gasteiger partial charge in [0.15, 0.2) is 11.4 Å². The number of hydrogen-bond acceptors (Lipinski definition) is 5. The molecule has 1 atom stereocenters. The molecule has 3 heterocycles. The maximum atomic E-state index is 12.5. The summed E-state index contributed by atoms with van der Waals surface area (Å²) in [7, 11) is 1.71. The van der Waals surface area contributed by atoms with Crippen molar-refractivity contribution in [3.8, 4) is 0 Å². The molecule has 1 aromatic rings. The largest absolute Gasteiger partial charge is 0.439 e. The van der Waals surface area contributed by atoms with Gasteiger partial charge in [0.25, 0.3) is 0 Å². The molecular formula is C17H24N4O4. The van der Waals surface area contributed by atoms with Gasteiger partial charge >= 0.3 is 6.09 Å². The number of aromatic nitrogens is 2. The van der Waals surface area contributed by atoms with Crippen LogP contribution in [-0.4, -0.2) is 69.6 Å². The fraction of sp³-hybridized carbons (Fsp3) is 0.647. The van der Waals surface area contributed by atoms with E-state index >= 15 is 0 Å². The predicted octanol–water partition coefficient (Wildman–Crippen LogP) is 1.15. The number of carbonyl (C=O) groups excluding carboxylic acids is 3. The Morgan fingerprint density at radius 1 is 1.28 bits per heavy atom. The Morgan fingerprint density at radius 2 is 2.00 bits per heavy atom. The number of amides is 2. The fourth-order valence-corrected chi connectivity index (χ4v) is 3.85. The molecule has 1 aromatic heterocycles. The number of likely N-dealkylation sites (N-methyl/N-ethyl adjacent to an activating group) is 1. The van der Waals surface area contributed by atoms with Gasteiger partial charge in [0, 0.05) is 38.7 Å². The molecule has 3 rings (SSSR count). The number of nitrogens with zero attached hydrogens (tertiary/aromatic N) is 4. The summed E-state index contributed by atoms with van der Waals surface area (Å²) in [6, 6.07) is 0. The van der Waals surface area contributed by atoms with Crippen LogP contribution in [0.1, 0.15) is 41.5 Å². The minimum Gasteiger partial charge on any atom is -0.439 e. The quantitative estimate of drug-likeness (QED) is 0.762. The standard InChI is InChI=1S/C17H24N4O4/c1-11-15(13(3)22)12(2)21(18-11)7-5-14(23)20-8-6-17(10-20)9-19(4)16(24)25-17/h5-10H2,1-4H3/t17-/m0/s1. The van der Waals surface area contributed by atoms with Crippen LogP contribution in [0.3, 0.4) is 0 Å². The maximum Gasteiger partial charge on any atom is 0.410 e. The third kappa shape index (κ3) is 3.12. The zero-order valence-electron chi connectivity index (χ0n) is 15.2. The Morgan fingerprint density at radius 3 is 2.56 bits per heavy atom. The summed E-state index contributed by atoms with van der Waals surface area (Å²) in [4.78, 5) is 39.1. The molecule has 2 amide bonds. The summed E-state index contributed by atoms with van der Waals surface area (Å²) >= 11 is 0. The first kappa shape index (κ1) is 17.4. The smallest absolute Gasteiger partial charge is 0.410 e. The van der Waals surface area contributed by atoms with Gasteiger partial charge in [-0.2, -0.15) is 5.10 Å².